The molecule has 0 spiro atoms. The fourth-order valence-electron chi connectivity index (χ4n) is 5.23. The minimum atomic E-state index is -0.268. The van der Waals surface area contributed by atoms with Gasteiger partial charge in [-0.15, -0.1) is 0 Å². The molecule has 1 fully saturated rings. The van der Waals surface area contributed by atoms with Crippen molar-refractivity contribution in [2.75, 3.05) is 20.2 Å². The number of rotatable bonds is 6. The second-order valence-corrected chi connectivity index (χ2v) is 10.1. The topological polar surface area (TPSA) is 75.9 Å². The average molecular weight is 535 g/mol. The second-order valence-electron chi connectivity index (χ2n) is 9.17. The van der Waals surface area contributed by atoms with Gasteiger partial charge in [0, 0.05) is 59.5 Å². The maximum Gasteiger partial charge on any atom is 0.271 e. The van der Waals surface area contributed by atoms with Gasteiger partial charge in [-0.3, -0.25) is 14.5 Å². The molecule has 0 radical (unpaired) electrons. The van der Waals surface area contributed by atoms with E-state index in [2.05, 4.69) is 43.5 Å². The maximum absolute atomic E-state index is 12.3. The third kappa shape index (κ3) is 5.23. The summed E-state index contributed by atoms with van der Waals surface area (Å²) in [4.78, 5) is 27.1. The predicted octanol–water partition coefficient (Wildman–Crippen LogP) is 4.00. The van der Waals surface area contributed by atoms with Crippen LogP contribution in [-0.2, 0) is 13.1 Å². The van der Waals surface area contributed by atoms with Crippen LogP contribution in [0.3, 0.4) is 0 Å². The first-order valence-corrected chi connectivity index (χ1v) is 12.5. The van der Waals surface area contributed by atoms with Gasteiger partial charge in [-0.2, -0.15) is 5.10 Å². The van der Waals surface area contributed by atoms with Gasteiger partial charge in [0.05, 0.1) is 13.3 Å². The lowest BCUT2D eigenvalue weighted by atomic mass is 9.83. The zero-order chi connectivity index (χ0) is 24.4. The summed E-state index contributed by atoms with van der Waals surface area (Å²) in [6.07, 6.45) is 2.77. The first kappa shape index (κ1) is 23.5. The molecule has 2 bridgehead atoms. The van der Waals surface area contributed by atoms with Crippen molar-refractivity contribution in [2.24, 2.45) is 11.0 Å². The number of carbonyl (C=O) groups is 1. The van der Waals surface area contributed by atoms with E-state index < -0.39 is 0 Å². The molecular formula is C27H27BrN4O3. The Labute approximate surface area is 212 Å². The Kier molecular flexibility index (Phi) is 6.83. The van der Waals surface area contributed by atoms with Gasteiger partial charge >= 0.3 is 0 Å². The van der Waals surface area contributed by atoms with E-state index in [0.29, 0.717) is 17.4 Å². The summed E-state index contributed by atoms with van der Waals surface area (Å²) in [6, 6.07) is 18.7. The number of nitrogens with one attached hydrogen (secondary N) is 1. The molecule has 180 valence electrons. The van der Waals surface area contributed by atoms with Crippen LogP contribution in [0, 0.1) is 5.92 Å². The largest absolute Gasteiger partial charge is 0.496 e. The molecule has 1 saturated heterocycles. The summed E-state index contributed by atoms with van der Waals surface area (Å²) in [5, 5.41) is 4.14. The molecule has 5 rings (SSSR count). The van der Waals surface area contributed by atoms with Crippen molar-refractivity contribution in [1.82, 2.24) is 14.9 Å². The number of pyridine rings is 1. The Balaban J connectivity index is 1.28. The van der Waals surface area contributed by atoms with Crippen molar-refractivity contribution >= 4 is 28.1 Å². The summed E-state index contributed by atoms with van der Waals surface area (Å²) in [7, 11) is 1.68. The molecule has 2 aliphatic rings. The number of methoxy groups -OCH3 is 1. The third-order valence-electron chi connectivity index (χ3n) is 6.72. The van der Waals surface area contributed by atoms with Gasteiger partial charge in [-0.1, -0.05) is 28.1 Å². The van der Waals surface area contributed by atoms with Gasteiger partial charge in [-0.05, 0) is 60.4 Å². The van der Waals surface area contributed by atoms with E-state index in [9.17, 15) is 9.59 Å². The Hall–Kier alpha value is -3.23. The number of amides is 1. The Morgan fingerprint density at radius 3 is 2.83 bits per heavy atom. The highest BCUT2D eigenvalue weighted by atomic mass is 79.9. The first-order valence-electron chi connectivity index (χ1n) is 11.7. The minimum Gasteiger partial charge on any atom is -0.496 e. The fourth-order valence-corrected chi connectivity index (χ4v) is 5.63. The van der Waals surface area contributed by atoms with Crippen LogP contribution >= 0.6 is 15.9 Å². The van der Waals surface area contributed by atoms with E-state index in [4.69, 9.17) is 4.74 Å². The summed E-state index contributed by atoms with van der Waals surface area (Å²) in [5.41, 5.74) is 6.32. The summed E-state index contributed by atoms with van der Waals surface area (Å²) in [6.45, 7) is 3.38. The van der Waals surface area contributed by atoms with Crippen LogP contribution in [0.15, 0.2) is 75.0 Å². The maximum atomic E-state index is 12.3. The van der Waals surface area contributed by atoms with Gasteiger partial charge in [0.15, 0.2) is 0 Å². The molecule has 3 heterocycles. The van der Waals surface area contributed by atoms with E-state index in [-0.39, 0.29) is 11.5 Å². The van der Waals surface area contributed by atoms with Crippen molar-refractivity contribution in [3.63, 3.8) is 0 Å². The molecule has 0 saturated carbocycles. The smallest absolute Gasteiger partial charge is 0.271 e. The highest BCUT2D eigenvalue weighted by molar-refractivity contribution is 9.10. The quantitative estimate of drug-likeness (QED) is 0.383. The van der Waals surface area contributed by atoms with Gasteiger partial charge in [0.1, 0.15) is 5.75 Å². The summed E-state index contributed by atoms with van der Waals surface area (Å²) in [5.74, 6) is 1.38. The molecule has 1 amide bonds. The summed E-state index contributed by atoms with van der Waals surface area (Å²) >= 11 is 3.37. The molecule has 3 aromatic rings. The van der Waals surface area contributed by atoms with Crippen LogP contribution in [0.2, 0.25) is 0 Å². The number of aromatic nitrogens is 1. The number of benzene rings is 2. The van der Waals surface area contributed by atoms with Crippen LogP contribution in [-0.4, -0.2) is 41.8 Å². The molecular weight excluding hydrogens is 508 g/mol. The molecule has 1 aromatic heterocycles. The van der Waals surface area contributed by atoms with Crippen LogP contribution < -0.4 is 15.7 Å². The van der Waals surface area contributed by atoms with Gasteiger partial charge in [0.2, 0.25) is 0 Å². The summed E-state index contributed by atoms with van der Waals surface area (Å²) < 4.78 is 8.42. The molecule has 7 nitrogen and oxygen atoms in total. The molecule has 8 heteroatoms. The van der Waals surface area contributed by atoms with Crippen LogP contribution in [0.4, 0.5) is 0 Å². The van der Waals surface area contributed by atoms with Crippen molar-refractivity contribution in [3.05, 3.63) is 97.9 Å². The number of piperidine rings is 1. The number of likely N-dealkylation sites (tertiary alicyclic amines) is 1. The van der Waals surface area contributed by atoms with E-state index >= 15 is 0 Å². The van der Waals surface area contributed by atoms with Crippen molar-refractivity contribution in [2.45, 2.75) is 25.4 Å². The van der Waals surface area contributed by atoms with E-state index in [1.807, 2.05) is 34.9 Å². The highest BCUT2D eigenvalue weighted by Crippen LogP contribution is 2.36. The molecule has 0 unspecified atom stereocenters. The Bertz CT molecular complexity index is 1340. The standard InChI is InChI=1S/C27H27BrN4O3/c1-35-25-9-8-18(13-29-30-27(34)20-4-2-5-23(28)12-20)10-22(25)17-31-14-19-11-21(16-31)24-6-3-7-26(33)32(24)15-19/h2-10,12-13,19,21H,11,14-17H2,1H3,(H,30,34)/b29-13-/t19-,21+/m0/s1. The highest BCUT2D eigenvalue weighted by Gasteiger charge is 2.34. The number of ether oxygens (including phenoxy) is 1. The number of nitrogens with zero attached hydrogens (tertiary/aromatic N) is 3. The van der Waals surface area contributed by atoms with Crippen molar-refractivity contribution in [1.29, 1.82) is 0 Å². The first-order chi connectivity index (χ1) is 17.0. The number of hydrazone groups is 1. The van der Waals surface area contributed by atoms with Crippen LogP contribution in [0.1, 0.15) is 39.5 Å². The van der Waals surface area contributed by atoms with Gasteiger partial charge in [0.25, 0.3) is 11.5 Å². The second kappa shape index (κ2) is 10.2. The Morgan fingerprint density at radius 1 is 1.14 bits per heavy atom. The number of hydrogen-bond donors (Lipinski definition) is 1. The van der Waals surface area contributed by atoms with Gasteiger partial charge in [-0.25, -0.2) is 5.43 Å². The number of hydrogen-bond acceptors (Lipinski definition) is 5. The lowest BCUT2D eigenvalue weighted by Crippen LogP contribution is -2.46. The van der Waals surface area contributed by atoms with Crippen molar-refractivity contribution < 1.29 is 9.53 Å². The normalized spacial score (nSPS) is 19.4. The number of halogens is 1. The van der Waals surface area contributed by atoms with Crippen LogP contribution in [0.25, 0.3) is 0 Å². The van der Waals surface area contributed by atoms with E-state index in [1.54, 1.807) is 31.5 Å². The SMILES string of the molecule is COc1ccc(/C=N\NC(=O)c2cccc(Br)c2)cc1CN1C[C@@H]2C[C@H](C1)c1cccc(=O)n1C2. The lowest BCUT2D eigenvalue weighted by molar-refractivity contribution is 0.0955. The fraction of sp³-hybridized carbons (Fsp3) is 0.296. The zero-order valence-electron chi connectivity index (χ0n) is 19.5. The van der Waals surface area contributed by atoms with Crippen LogP contribution in [0.5, 0.6) is 5.75 Å². The molecule has 35 heavy (non-hydrogen) atoms. The van der Waals surface area contributed by atoms with Gasteiger partial charge < -0.3 is 9.30 Å². The molecule has 2 aromatic carbocycles. The molecule has 0 aliphatic carbocycles. The average Bonchev–Trinajstić information content (AvgIpc) is 2.85. The molecule has 2 atom stereocenters. The lowest BCUT2D eigenvalue weighted by Gasteiger charge is -2.42. The third-order valence-corrected chi connectivity index (χ3v) is 7.21. The van der Waals surface area contributed by atoms with Crippen molar-refractivity contribution in [3.8, 4) is 5.75 Å². The van der Waals surface area contributed by atoms with E-state index in [0.717, 1.165) is 59.6 Å². The minimum absolute atomic E-state index is 0.103. The zero-order valence-corrected chi connectivity index (χ0v) is 21.1. The monoisotopic (exact) mass is 534 g/mol. The van der Waals surface area contributed by atoms with E-state index in [1.165, 1.54) is 0 Å². The number of carbonyl (C=O) groups excluding carboxylic acids is 1. The molecule has 2 aliphatic heterocycles. The molecule has 1 N–H and O–H groups in total. The Morgan fingerprint density at radius 2 is 2.00 bits per heavy atom. The predicted molar refractivity (Wildman–Crippen MR) is 139 cm³/mol. The number of fused-ring (bicyclic) bond motifs is 4.